The van der Waals surface area contributed by atoms with Crippen molar-refractivity contribution in [1.82, 2.24) is 4.34 Å². The summed E-state index contributed by atoms with van der Waals surface area (Å²) >= 11 is 0. The van der Waals surface area contributed by atoms with Crippen molar-refractivity contribution in [2.75, 3.05) is 0 Å². The minimum atomic E-state index is -0.744. The third-order valence-corrected chi connectivity index (χ3v) is 7.64. The molecule has 140 valence electrons. The van der Waals surface area contributed by atoms with Gasteiger partial charge in [-0.1, -0.05) is 109 Å². The van der Waals surface area contributed by atoms with Crippen LogP contribution in [0.1, 0.15) is 5.56 Å². The lowest BCUT2D eigenvalue weighted by Gasteiger charge is -2.24. The van der Waals surface area contributed by atoms with Gasteiger partial charge in [-0.2, -0.15) is 0 Å². The van der Waals surface area contributed by atoms with E-state index < -0.39 is 8.07 Å². The van der Waals surface area contributed by atoms with Crippen LogP contribution in [0.4, 0.5) is 0 Å². The summed E-state index contributed by atoms with van der Waals surface area (Å²) in [6, 6.07) is 41.7. The molecule has 5 rings (SSSR count). The highest BCUT2D eigenvalue weighted by Gasteiger charge is 2.22. The number of para-hydroxylation sites is 1. The summed E-state index contributed by atoms with van der Waals surface area (Å²) in [5.74, 6) is 0. The predicted molar refractivity (Wildman–Crippen MR) is 127 cm³/mol. The largest absolute Gasteiger partial charge is 0.310 e. The highest BCUT2D eigenvalue weighted by Crippen LogP contribution is 2.44. The molecule has 0 amide bonds. The number of aryl methyl sites for hydroxylation is 1. The van der Waals surface area contributed by atoms with Crippen molar-refractivity contribution in [3.63, 3.8) is 0 Å². The van der Waals surface area contributed by atoms with Crippen LogP contribution in [-0.2, 0) is 0 Å². The molecule has 0 N–H and O–H groups in total. The van der Waals surface area contributed by atoms with E-state index in [2.05, 4.69) is 127 Å². The summed E-state index contributed by atoms with van der Waals surface area (Å²) in [5, 5.41) is 3.98. The molecule has 2 heteroatoms. The van der Waals surface area contributed by atoms with Crippen molar-refractivity contribution in [1.29, 1.82) is 0 Å². The van der Waals surface area contributed by atoms with Crippen LogP contribution in [0.5, 0.6) is 0 Å². The van der Waals surface area contributed by atoms with E-state index in [1.165, 1.54) is 38.3 Å². The van der Waals surface area contributed by atoms with Crippen molar-refractivity contribution in [3.8, 4) is 11.3 Å². The van der Waals surface area contributed by atoms with Gasteiger partial charge in [-0.15, -0.1) is 0 Å². The van der Waals surface area contributed by atoms with Gasteiger partial charge in [0.1, 0.15) is 0 Å². The molecule has 0 unspecified atom stereocenters. The Labute approximate surface area is 173 Å². The minimum Gasteiger partial charge on any atom is -0.310 e. The Bertz CT molecular complexity index is 1200. The molecule has 1 nitrogen and oxygen atoms in total. The topological polar surface area (TPSA) is 4.93 Å². The molecule has 0 atom stereocenters. The summed E-state index contributed by atoms with van der Waals surface area (Å²) < 4.78 is 2.56. The normalized spacial score (nSPS) is 11.2. The van der Waals surface area contributed by atoms with Gasteiger partial charge in [0.2, 0.25) is 0 Å². The van der Waals surface area contributed by atoms with Gasteiger partial charge in [0, 0.05) is 16.0 Å². The van der Waals surface area contributed by atoms with Crippen molar-refractivity contribution in [3.05, 3.63) is 121 Å². The van der Waals surface area contributed by atoms with Crippen LogP contribution in [0.3, 0.4) is 0 Å². The van der Waals surface area contributed by atoms with Crippen molar-refractivity contribution < 1.29 is 0 Å². The SMILES string of the molecule is Cc1ccc(-c2cc3ccccc3n2P(c2ccccc2)c2ccccc2)cc1. The summed E-state index contributed by atoms with van der Waals surface area (Å²) in [7, 11) is -0.744. The molecule has 0 saturated carbocycles. The van der Waals surface area contributed by atoms with E-state index in [1.807, 2.05) is 0 Å². The van der Waals surface area contributed by atoms with E-state index in [0.717, 1.165) is 0 Å². The number of aromatic nitrogens is 1. The first kappa shape index (κ1) is 17.9. The van der Waals surface area contributed by atoms with Gasteiger partial charge in [-0.3, -0.25) is 0 Å². The minimum absolute atomic E-state index is 0.744. The summed E-state index contributed by atoms with van der Waals surface area (Å²) in [6.45, 7) is 2.14. The average molecular weight is 391 g/mol. The molecule has 29 heavy (non-hydrogen) atoms. The fourth-order valence-corrected chi connectivity index (χ4v) is 6.26. The van der Waals surface area contributed by atoms with E-state index in [-0.39, 0.29) is 0 Å². The van der Waals surface area contributed by atoms with Gasteiger partial charge in [0.05, 0.1) is 19.3 Å². The summed E-state index contributed by atoms with van der Waals surface area (Å²) in [5.41, 5.74) is 5.09. The predicted octanol–water partition coefficient (Wildman–Crippen LogP) is 6.51. The Hall–Kier alpha value is -3.15. The Morgan fingerprint density at radius 3 is 1.76 bits per heavy atom. The maximum atomic E-state index is 2.56. The molecule has 5 aromatic rings. The fraction of sp³-hybridized carbons (Fsp3) is 0.0370. The van der Waals surface area contributed by atoms with E-state index in [1.54, 1.807) is 0 Å². The van der Waals surface area contributed by atoms with Crippen LogP contribution in [0.2, 0.25) is 0 Å². The van der Waals surface area contributed by atoms with E-state index in [0.29, 0.717) is 0 Å². The van der Waals surface area contributed by atoms with Crippen LogP contribution in [0.15, 0.2) is 115 Å². The molecule has 0 aliphatic carbocycles. The van der Waals surface area contributed by atoms with Gasteiger partial charge in [0.15, 0.2) is 0 Å². The van der Waals surface area contributed by atoms with Gasteiger partial charge in [0.25, 0.3) is 0 Å². The molecule has 0 fully saturated rings. The number of fused-ring (bicyclic) bond motifs is 1. The Balaban J connectivity index is 1.83. The number of benzene rings is 4. The average Bonchev–Trinajstić information content (AvgIpc) is 3.15. The number of hydrogen-bond donors (Lipinski definition) is 0. The molecular formula is C27H22NP. The van der Waals surface area contributed by atoms with E-state index in [9.17, 15) is 0 Å². The number of nitrogens with zero attached hydrogens (tertiary/aromatic N) is 1. The third kappa shape index (κ3) is 3.39. The Morgan fingerprint density at radius 1 is 0.586 bits per heavy atom. The maximum absolute atomic E-state index is 2.56. The molecule has 1 aromatic heterocycles. The molecule has 1 heterocycles. The molecular weight excluding hydrogens is 369 g/mol. The molecule has 0 saturated heterocycles. The van der Waals surface area contributed by atoms with Crippen LogP contribution >= 0.6 is 8.07 Å². The van der Waals surface area contributed by atoms with E-state index >= 15 is 0 Å². The second kappa shape index (κ2) is 7.70. The molecule has 0 aliphatic heterocycles. The number of rotatable bonds is 4. The lowest BCUT2D eigenvalue weighted by molar-refractivity contribution is 1.32. The highest BCUT2D eigenvalue weighted by atomic mass is 31.1. The second-order valence-corrected chi connectivity index (χ2v) is 9.31. The molecule has 0 bridgehead atoms. The first-order valence-corrected chi connectivity index (χ1v) is 11.2. The first-order chi connectivity index (χ1) is 14.3. The Morgan fingerprint density at radius 2 is 1.14 bits per heavy atom. The van der Waals surface area contributed by atoms with Gasteiger partial charge in [-0.05, 0) is 24.6 Å². The molecule has 0 spiro atoms. The zero-order valence-corrected chi connectivity index (χ0v) is 17.3. The van der Waals surface area contributed by atoms with Gasteiger partial charge < -0.3 is 4.34 Å². The molecule has 0 radical (unpaired) electrons. The van der Waals surface area contributed by atoms with Crippen LogP contribution in [-0.4, -0.2) is 4.34 Å². The van der Waals surface area contributed by atoms with Gasteiger partial charge >= 0.3 is 0 Å². The van der Waals surface area contributed by atoms with E-state index in [4.69, 9.17) is 0 Å². The van der Waals surface area contributed by atoms with Crippen LogP contribution < -0.4 is 10.6 Å². The van der Waals surface area contributed by atoms with Crippen molar-refractivity contribution >= 4 is 29.6 Å². The number of hydrogen-bond acceptors (Lipinski definition) is 0. The maximum Gasteiger partial charge on any atom is 0.0598 e. The standard InChI is InChI=1S/C27H22NP/c1-21-16-18-22(19-17-21)27-20-23-10-8-9-15-26(23)28(27)29(24-11-4-2-5-12-24)25-13-6-3-7-14-25/h2-20H,1H3. The molecule has 0 aliphatic rings. The second-order valence-electron chi connectivity index (χ2n) is 7.25. The quantitative estimate of drug-likeness (QED) is 0.308. The highest BCUT2D eigenvalue weighted by molar-refractivity contribution is 7.71. The first-order valence-electron chi connectivity index (χ1n) is 9.89. The van der Waals surface area contributed by atoms with Gasteiger partial charge in [-0.25, -0.2) is 0 Å². The van der Waals surface area contributed by atoms with Crippen molar-refractivity contribution in [2.24, 2.45) is 0 Å². The monoisotopic (exact) mass is 391 g/mol. The summed E-state index contributed by atoms with van der Waals surface area (Å²) in [6.07, 6.45) is 0. The zero-order chi connectivity index (χ0) is 19.6. The zero-order valence-electron chi connectivity index (χ0n) is 16.4. The lowest BCUT2D eigenvalue weighted by atomic mass is 10.1. The van der Waals surface area contributed by atoms with Crippen molar-refractivity contribution in [2.45, 2.75) is 6.92 Å². The smallest absolute Gasteiger partial charge is 0.0598 e. The fourth-order valence-electron chi connectivity index (χ4n) is 3.80. The third-order valence-electron chi connectivity index (χ3n) is 5.23. The van der Waals surface area contributed by atoms with Crippen LogP contribution in [0.25, 0.3) is 22.2 Å². The molecule has 4 aromatic carbocycles. The Kier molecular flexibility index (Phi) is 4.76. The lowest BCUT2D eigenvalue weighted by Crippen LogP contribution is -2.17. The summed E-state index contributed by atoms with van der Waals surface area (Å²) in [4.78, 5) is 0. The van der Waals surface area contributed by atoms with Crippen LogP contribution in [0, 0.1) is 6.92 Å².